The topological polar surface area (TPSA) is 75.7 Å². The summed E-state index contributed by atoms with van der Waals surface area (Å²) in [6.45, 7) is 1.96. The Balaban J connectivity index is 2.01. The number of sulfonamides is 1. The lowest BCUT2D eigenvalue weighted by atomic mass is 10.2. The number of ether oxygens (including phenoxy) is 1. The zero-order valence-electron chi connectivity index (χ0n) is 15.5. The molecular formula is C19H23ClN2O4S. The van der Waals surface area contributed by atoms with Crippen LogP contribution in [0.4, 0.5) is 11.4 Å². The number of hydrogen-bond acceptors (Lipinski definition) is 4. The fourth-order valence-electron chi connectivity index (χ4n) is 2.64. The van der Waals surface area contributed by atoms with Crippen molar-refractivity contribution in [2.75, 3.05) is 29.5 Å². The second-order valence-electron chi connectivity index (χ2n) is 6.10. The molecule has 0 aliphatic rings. The van der Waals surface area contributed by atoms with Crippen LogP contribution >= 0.6 is 11.6 Å². The van der Waals surface area contributed by atoms with Gasteiger partial charge in [0.1, 0.15) is 5.75 Å². The summed E-state index contributed by atoms with van der Waals surface area (Å²) < 4.78 is 30.8. The second kappa shape index (κ2) is 9.10. The van der Waals surface area contributed by atoms with E-state index in [9.17, 15) is 13.2 Å². The summed E-state index contributed by atoms with van der Waals surface area (Å²) in [5.41, 5.74) is 1.84. The van der Waals surface area contributed by atoms with Crippen LogP contribution in [-0.4, -0.2) is 34.2 Å². The van der Waals surface area contributed by atoms with E-state index in [0.717, 1.165) is 6.26 Å². The first-order chi connectivity index (χ1) is 12.7. The van der Waals surface area contributed by atoms with Crippen molar-refractivity contribution in [2.45, 2.75) is 19.8 Å². The van der Waals surface area contributed by atoms with Crippen molar-refractivity contribution in [1.29, 1.82) is 0 Å². The van der Waals surface area contributed by atoms with Gasteiger partial charge in [-0.05, 0) is 43.2 Å². The standard InChI is InChI=1S/C19H23ClN2O4S/c1-14-17(20)9-5-10-18(14)22(27(3,24)25)12-6-11-19(23)21-15-7-4-8-16(13-15)26-2/h4-5,7-10,13H,6,11-12H2,1-3H3,(H,21,23). The molecule has 0 spiro atoms. The molecular weight excluding hydrogens is 388 g/mol. The van der Waals surface area contributed by atoms with Gasteiger partial charge in [0.2, 0.25) is 15.9 Å². The lowest BCUT2D eigenvalue weighted by Crippen LogP contribution is -2.32. The first-order valence-corrected chi connectivity index (χ1v) is 10.6. The summed E-state index contributed by atoms with van der Waals surface area (Å²) in [4.78, 5) is 12.2. The molecule has 27 heavy (non-hydrogen) atoms. The van der Waals surface area contributed by atoms with E-state index in [1.165, 1.54) is 4.31 Å². The second-order valence-corrected chi connectivity index (χ2v) is 8.42. The third-order valence-corrected chi connectivity index (χ3v) is 5.62. The zero-order chi connectivity index (χ0) is 20.0. The van der Waals surface area contributed by atoms with Gasteiger partial charge < -0.3 is 10.1 Å². The summed E-state index contributed by atoms with van der Waals surface area (Å²) in [6.07, 6.45) is 1.70. The van der Waals surface area contributed by atoms with Gasteiger partial charge in [0.25, 0.3) is 0 Å². The highest BCUT2D eigenvalue weighted by Crippen LogP contribution is 2.28. The van der Waals surface area contributed by atoms with Gasteiger partial charge in [-0.2, -0.15) is 0 Å². The van der Waals surface area contributed by atoms with E-state index in [-0.39, 0.29) is 18.9 Å². The molecule has 0 aliphatic carbocycles. The Morgan fingerprint density at radius 2 is 1.93 bits per heavy atom. The van der Waals surface area contributed by atoms with Crippen LogP contribution in [0.25, 0.3) is 0 Å². The molecule has 2 rings (SSSR count). The maximum atomic E-state index is 12.2. The van der Waals surface area contributed by atoms with Crippen LogP contribution in [0.2, 0.25) is 5.02 Å². The number of nitrogens with zero attached hydrogens (tertiary/aromatic N) is 1. The van der Waals surface area contributed by atoms with Gasteiger partial charge in [0.05, 0.1) is 19.1 Å². The van der Waals surface area contributed by atoms with Crippen molar-refractivity contribution in [3.05, 3.63) is 53.1 Å². The molecule has 0 aromatic heterocycles. The molecule has 0 fully saturated rings. The third-order valence-electron chi connectivity index (χ3n) is 4.03. The maximum Gasteiger partial charge on any atom is 0.232 e. The van der Waals surface area contributed by atoms with E-state index in [1.54, 1.807) is 56.5 Å². The lowest BCUT2D eigenvalue weighted by Gasteiger charge is -2.24. The van der Waals surface area contributed by atoms with E-state index in [0.29, 0.717) is 34.1 Å². The van der Waals surface area contributed by atoms with Crippen LogP contribution in [0, 0.1) is 6.92 Å². The van der Waals surface area contributed by atoms with Crippen LogP contribution in [0.15, 0.2) is 42.5 Å². The first kappa shape index (κ1) is 21.1. The smallest absolute Gasteiger partial charge is 0.232 e. The summed E-state index contributed by atoms with van der Waals surface area (Å²) in [5.74, 6) is 0.451. The number of nitrogens with one attached hydrogen (secondary N) is 1. The van der Waals surface area contributed by atoms with Crippen LogP contribution in [-0.2, 0) is 14.8 Å². The maximum absolute atomic E-state index is 12.2. The molecule has 2 aromatic carbocycles. The van der Waals surface area contributed by atoms with Gasteiger partial charge in [-0.1, -0.05) is 23.7 Å². The third kappa shape index (κ3) is 5.87. The van der Waals surface area contributed by atoms with Crippen LogP contribution in [0.5, 0.6) is 5.75 Å². The van der Waals surface area contributed by atoms with Gasteiger partial charge >= 0.3 is 0 Å². The number of rotatable bonds is 8. The van der Waals surface area contributed by atoms with Gasteiger partial charge in [-0.15, -0.1) is 0 Å². The minimum Gasteiger partial charge on any atom is -0.497 e. The largest absolute Gasteiger partial charge is 0.497 e. The Morgan fingerprint density at radius 3 is 2.59 bits per heavy atom. The molecule has 0 radical (unpaired) electrons. The van der Waals surface area contributed by atoms with Crippen molar-refractivity contribution < 1.29 is 17.9 Å². The van der Waals surface area contributed by atoms with Gasteiger partial charge in [0, 0.05) is 29.7 Å². The van der Waals surface area contributed by atoms with Crippen molar-refractivity contribution in [1.82, 2.24) is 0 Å². The van der Waals surface area contributed by atoms with E-state index in [2.05, 4.69) is 5.32 Å². The molecule has 0 atom stereocenters. The average molecular weight is 411 g/mol. The Kier molecular flexibility index (Phi) is 7.10. The molecule has 1 N–H and O–H groups in total. The Morgan fingerprint density at radius 1 is 1.22 bits per heavy atom. The summed E-state index contributed by atoms with van der Waals surface area (Å²) in [6, 6.07) is 12.2. The van der Waals surface area contributed by atoms with E-state index < -0.39 is 10.0 Å². The van der Waals surface area contributed by atoms with E-state index in [1.807, 2.05) is 0 Å². The monoisotopic (exact) mass is 410 g/mol. The first-order valence-electron chi connectivity index (χ1n) is 8.39. The highest BCUT2D eigenvalue weighted by molar-refractivity contribution is 7.92. The molecule has 2 aromatic rings. The lowest BCUT2D eigenvalue weighted by molar-refractivity contribution is -0.116. The number of anilines is 2. The van der Waals surface area contributed by atoms with Crippen molar-refractivity contribution in [3.8, 4) is 5.75 Å². The van der Waals surface area contributed by atoms with Gasteiger partial charge in [0.15, 0.2) is 0 Å². The fraction of sp³-hybridized carbons (Fsp3) is 0.316. The summed E-state index contributed by atoms with van der Waals surface area (Å²) in [5, 5.41) is 3.28. The molecule has 6 nitrogen and oxygen atoms in total. The molecule has 0 saturated carbocycles. The Hall–Kier alpha value is -2.25. The quantitative estimate of drug-likeness (QED) is 0.717. The highest BCUT2D eigenvalue weighted by Gasteiger charge is 2.20. The molecule has 0 heterocycles. The molecule has 0 bridgehead atoms. The summed E-state index contributed by atoms with van der Waals surface area (Å²) >= 11 is 6.11. The minimum absolute atomic E-state index is 0.183. The van der Waals surface area contributed by atoms with Crippen LogP contribution in [0.1, 0.15) is 18.4 Å². The Labute approximate surface area is 165 Å². The molecule has 0 unspecified atom stereocenters. The number of carbonyl (C=O) groups is 1. The number of halogens is 1. The van der Waals surface area contributed by atoms with Crippen LogP contribution < -0.4 is 14.4 Å². The van der Waals surface area contributed by atoms with E-state index >= 15 is 0 Å². The number of hydrogen-bond donors (Lipinski definition) is 1. The normalized spacial score (nSPS) is 11.1. The van der Waals surface area contributed by atoms with Gasteiger partial charge in [-0.3, -0.25) is 9.10 Å². The fourth-order valence-corrected chi connectivity index (χ4v) is 3.82. The predicted octanol–water partition coefficient (Wildman–Crippen LogP) is 3.84. The van der Waals surface area contributed by atoms with Gasteiger partial charge in [-0.25, -0.2) is 8.42 Å². The molecule has 0 saturated heterocycles. The molecule has 0 aliphatic heterocycles. The van der Waals surface area contributed by atoms with Crippen LogP contribution in [0.3, 0.4) is 0 Å². The number of methoxy groups -OCH3 is 1. The van der Waals surface area contributed by atoms with Crippen molar-refractivity contribution in [3.63, 3.8) is 0 Å². The zero-order valence-corrected chi connectivity index (χ0v) is 17.1. The highest BCUT2D eigenvalue weighted by atomic mass is 35.5. The van der Waals surface area contributed by atoms with Crippen molar-refractivity contribution >= 4 is 38.9 Å². The van der Waals surface area contributed by atoms with Crippen molar-refractivity contribution in [2.24, 2.45) is 0 Å². The number of amides is 1. The number of benzene rings is 2. The average Bonchev–Trinajstić information content (AvgIpc) is 2.61. The predicted molar refractivity (Wildman–Crippen MR) is 109 cm³/mol. The number of carbonyl (C=O) groups excluding carboxylic acids is 1. The van der Waals surface area contributed by atoms with E-state index in [4.69, 9.17) is 16.3 Å². The Bertz CT molecular complexity index is 916. The minimum atomic E-state index is -3.50. The molecule has 146 valence electrons. The summed E-state index contributed by atoms with van der Waals surface area (Å²) in [7, 11) is -1.94. The molecule has 1 amide bonds. The SMILES string of the molecule is COc1cccc(NC(=O)CCCN(c2cccc(Cl)c2C)S(C)(=O)=O)c1. The molecule has 8 heteroatoms.